The van der Waals surface area contributed by atoms with E-state index in [4.69, 9.17) is 81.0 Å². The zero-order valence-corrected chi connectivity index (χ0v) is 28.4. The minimum Gasteiger partial charge on any atom is -0.480 e. The highest BCUT2D eigenvalue weighted by Gasteiger charge is 2.16. The first-order valence-electron chi connectivity index (χ1n) is 13.6. The predicted octanol–water partition coefficient (Wildman–Crippen LogP) is -5.22. The maximum atomic E-state index is 10.0. The van der Waals surface area contributed by atoms with Gasteiger partial charge in [-0.05, 0) is 40.5 Å². The van der Waals surface area contributed by atoms with Crippen LogP contribution in [0.5, 0.6) is 0 Å². The van der Waals surface area contributed by atoms with Crippen LogP contribution in [-0.4, -0.2) is 137 Å². The van der Waals surface area contributed by atoms with Crippen molar-refractivity contribution in [3.63, 3.8) is 0 Å². The molecule has 292 valence electrons. The summed E-state index contributed by atoms with van der Waals surface area (Å²) in [6.45, 7) is 10.6. The minimum atomic E-state index is -1.21. The van der Waals surface area contributed by atoms with E-state index in [0.717, 1.165) is 0 Å². The topological polar surface area (TPSA) is 507 Å². The van der Waals surface area contributed by atoms with Crippen LogP contribution in [0.15, 0.2) is 0 Å². The van der Waals surface area contributed by atoms with E-state index in [2.05, 4.69) is 5.73 Å². The molecule has 0 aliphatic heterocycles. The lowest BCUT2D eigenvalue weighted by Crippen LogP contribution is -2.39. The first-order valence-corrected chi connectivity index (χ1v) is 13.6. The van der Waals surface area contributed by atoms with Gasteiger partial charge < -0.3 is 86.7 Å². The summed E-state index contributed by atoms with van der Waals surface area (Å²) in [7, 11) is 0. The summed E-state index contributed by atoms with van der Waals surface area (Å²) in [6.07, 6.45) is -1.29. The van der Waals surface area contributed by atoms with Gasteiger partial charge in [-0.15, -0.1) is 0 Å². The van der Waals surface area contributed by atoms with Crippen molar-refractivity contribution in [2.75, 3.05) is 0 Å². The van der Waals surface area contributed by atoms with Gasteiger partial charge in [0.05, 0.1) is 12.5 Å². The van der Waals surface area contributed by atoms with Crippen molar-refractivity contribution in [3.8, 4) is 0 Å². The first-order chi connectivity index (χ1) is 21.7. The molecule has 0 bridgehead atoms. The Balaban J connectivity index is -0.0000000846. The number of aliphatic hydroxyl groups is 1. The summed E-state index contributed by atoms with van der Waals surface area (Å²) in [6, 6.07) is -5.96. The zero-order valence-electron chi connectivity index (χ0n) is 28.4. The van der Waals surface area contributed by atoms with Crippen LogP contribution in [0.25, 0.3) is 0 Å². The lowest BCUT2D eigenvalue weighted by Gasteiger charge is -2.07. The molecule has 0 aromatic carbocycles. The molecular weight excluding hydrogens is 668 g/mol. The van der Waals surface area contributed by atoms with Crippen molar-refractivity contribution >= 4 is 47.7 Å². The molecule has 0 aromatic heterocycles. The van der Waals surface area contributed by atoms with Crippen molar-refractivity contribution in [3.05, 3.63) is 0 Å². The van der Waals surface area contributed by atoms with E-state index in [0.29, 0.717) is 0 Å². The number of amides is 1. The van der Waals surface area contributed by atoms with Crippen LogP contribution < -0.4 is 45.9 Å². The summed E-state index contributed by atoms with van der Waals surface area (Å²) in [5.41, 5.74) is 39.0. The Bertz CT molecular complexity index is 881. The van der Waals surface area contributed by atoms with Gasteiger partial charge in [0.25, 0.3) is 0 Å². The summed E-state index contributed by atoms with van der Waals surface area (Å²) < 4.78 is 0. The highest BCUT2D eigenvalue weighted by molar-refractivity contribution is 5.83. The SMILES string of the molecule is CC(C)C(N)C(=O)O.CC(N)C(=O)O.CC(N)C(=O)O.CC(N)C(=O)O.CC(N)C(=O)O.CC(O)C(N)C(=O)O.NC(=O)CC(N)C(=O)O. The number of rotatable bonds is 11. The molecule has 0 aliphatic rings. The Kier molecular flexibility index (Phi) is 42.4. The van der Waals surface area contributed by atoms with Crippen molar-refractivity contribution in [1.29, 1.82) is 0 Å². The van der Waals surface area contributed by atoms with E-state index in [1.807, 2.05) is 0 Å². The normalized spacial score (nSPS) is 14.1. The van der Waals surface area contributed by atoms with Gasteiger partial charge in [0.15, 0.2) is 0 Å². The van der Waals surface area contributed by atoms with Gasteiger partial charge >= 0.3 is 41.8 Å². The lowest BCUT2D eigenvalue weighted by atomic mass is 10.1. The maximum absolute atomic E-state index is 10.0. The van der Waals surface area contributed by atoms with Crippen LogP contribution in [-0.2, 0) is 38.4 Å². The molecule has 0 aliphatic carbocycles. The van der Waals surface area contributed by atoms with Crippen LogP contribution in [0.1, 0.15) is 54.9 Å². The van der Waals surface area contributed by atoms with Crippen molar-refractivity contribution in [2.45, 2.75) is 103 Å². The fourth-order valence-corrected chi connectivity index (χ4v) is 0.796. The van der Waals surface area contributed by atoms with E-state index in [9.17, 15) is 38.4 Å². The summed E-state index contributed by atoms with van der Waals surface area (Å²) in [5.74, 6) is -7.86. The number of carbonyl (C=O) groups is 8. The average Bonchev–Trinajstić information content (AvgIpc) is 2.93. The second-order valence-corrected chi connectivity index (χ2v) is 9.84. The molecule has 0 saturated carbocycles. The molecule has 0 heterocycles. The summed E-state index contributed by atoms with van der Waals surface area (Å²) >= 11 is 0. The Morgan fingerprint density at radius 2 is 0.633 bits per heavy atom. The van der Waals surface area contributed by atoms with E-state index in [1.54, 1.807) is 13.8 Å². The largest absolute Gasteiger partial charge is 0.480 e. The van der Waals surface area contributed by atoms with Gasteiger partial charge in [-0.25, -0.2) is 0 Å². The van der Waals surface area contributed by atoms with Gasteiger partial charge in [-0.2, -0.15) is 0 Å². The van der Waals surface area contributed by atoms with Gasteiger partial charge in [-0.3, -0.25) is 38.4 Å². The number of aliphatic hydroxyl groups excluding tert-OH is 1. The van der Waals surface area contributed by atoms with Gasteiger partial charge in [-0.1, -0.05) is 13.8 Å². The third-order valence-corrected chi connectivity index (χ3v) is 4.10. The van der Waals surface area contributed by atoms with E-state index < -0.39 is 96.1 Å². The van der Waals surface area contributed by atoms with Gasteiger partial charge in [0.2, 0.25) is 5.91 Å². The quantitative estimate of drug-likeness (QED) is 0.0946. The Morgan fingerprint density at radius 1 is 0.429 bits per heavy atom. The molecule has 0 saturated heterocycles. The molecule has 0 radical (unpaired) electrons. The number of primary amides is 1. The zero-order chi connectivity index (χ0) is 41.5. The molecule has 0 aromatic rings. The molecule has 0 rings (SSSR count). The molecule has 49 heavy (non-hydrogen) atoms. The third kappa shape index (κ3) is 59.4. The number of hydrogen-bond donors (Lipinski definition) is 16. The molecular formula is C25H56N8O16. The second kappa shape index (κ2) is 34.8. The number of carboxylic acid groups (broad SMARTS) is 7. The van der Waals surface area contributed by atoms with Crippen molar-refractivity contribution < 1.29 is 79.2 Å². The lowest BCUT2D eigenvalue weighted by molar-refractivity contribution is -0.141. The number of carboxylic acids is 7. The van der Waals surface area contributed by atoms with Crippen LogP contribution in [0, 0.1) is 5.92 Å². The number of carbonyl (C=O) groups excluding carboxylic acids is 1. The van der Waals surface area contributed by atoms with Crippen molar-refractivity contribution in [1.82, 2.24) is 0 Å². The van der Waals surface area contributed by atoms with Crippen LogP contribution >= 0.6 is 0 Å². The molecule has 8 atom stereocenters. The van der Waals surface area contributed by atoms with Crippen LogP contribution in [0.3, 0.4) is 0 Å². The molecule has 24 heteroatoms. The fourth-order valence-electron chi connectivity index (χ4n) is 0.796. The summed E-state index contributed by atoms with van der Waals surface area (Å²) in [5, 5.41) is 64.3. The Labute approximate surface area is 282 Å². The number of hydrogen-bond acceptors (Lipinski definition) is 16. The monoisotopic (exact) mass is 724 g/mol. The summed E-state index contributed by atoms with van der Waals surface area (Å²) in [4.78, 5) is 78.1. The highest BCUT2D eigenvalue weighted by atomic mass is 16.4. The number of aliphatic carboxylic acids is 7. The molecule has 1 amide bonds. The van der Waals surface area contributed by atoms with E-state index in [1.165, 1.54) is 34.6 Å². The average molecular weight is 725 g/mol. The molecule has 0 spiro atoms. The minimum absolute atomic E-state index is 0.0208. The molecule has 8 unspecified atom stereocenters. The first kappa shape index (κ1) is 59.8. The second-order valence-electron chi connectivity index (χ2n) is 9.84. The fraction of sp³-hybridized carbons (Fsp3) is 0.680. The van der Waals surface area contributed by atoms with Crippen molar-refractivity contribution in [2.24, 2.45) is 51.8 Å². The van der Waals surface area contributed by atoms with Gasteiger partial charge in [0.1, 0.15) is 42.3 Å². The Hall–Kier alpha value is -4.56. The molecule has 24 nitrogen and oxygen atoms in total. The van der Waals surface area contributed by atoms with Crippen LogP contribution in [0.2, 0.25) is 0 Å². The van der Waals surface area contributed by atoms with E-state index in [-0.39, 0.29) is 12.3 Å². The molecule has 24 N–H and O–H groups in total. The third-order valence-electron chi connectivity index (χ3n) is 4.10. The standard InChI is InChI=1S/C5H11NO2.C4H8N2O3.C4H9NO3.4C3H7NO2/c1-3(2)4(6)5(7)8;5-2(4(8)9)1-3(6)7;1-2(6)3(5)4(7)8;4*1-2(4)3(5)6/h3-4H,6H2,1-2H3,(H,7,8);2H,1,5H2,(H2,6,7)(H,8,9);2-3,6H,5H2,1H3,(H,7,8);4*2H,4H2,1H3,(H,5,6). The van der Waals surface area contributed by atoms with E-state index >= 15 is 0 Å². The Morgan fingerprint density at radius 3 is 0.653 bits per heavy atom. The smallest absolute Gasteiger partial charge is 0.323 e. The predicted molar refractivity (Wildman–Crippen MR) is 172 cm³/mol. The number of nitrogens with two attached hydrogens (primary N) is 8. The highest BCUT2D eigenvalue weighted by Crippen LogP contribution is 1.96. The van der Waals surface area contributed by atoms with Gasteiger partial charge in [0, 0.05) is 0 Å². The maximum Gasteiger partial charge on any atom is 0.323 e. The van der Waals surface area contributed by atoms with Crippen LogP contribution in [0.4, 0.5) is 0 Å². The molecule has 0 fully saturated rings.